The van der Waals surface area contributed by atoms with Gasteiger partial charge in [0.05, 0.1) is 6.20 Å². The van der Waals surface area contributed by atoms with Crippen molar-refractivity contribution in [1.29, 1.82) is 0 Å². The Morgan fingerprint density at radius 1 is 1.82 bits per heavy atom. The molecule has 0 fully saturated rings. The Morgan fingerprint density at radius 3 is 2.82 bits per heavy atom. The van der Waals surface area contributed by atoms with Crippen LogP contribution in [-0.2, 0) is 4.79 Å². The molecule has 0 aliphatic carbocycles. The van der Waals surface area contributed by atoms with Crippen molar-refractivity contribution in [2.75, 3.05) is 0 Å². The third-order valence-electron chi connectivity index (χ3n) is 1.62. The van der Waals surface area contributed by atoms with Crippen LogP contribution in [0.4, 0.5) is 0 Å². The van der Waals surface area contributed by atoms with Crippen LogP contribution >= 0.6 is 0 Å². The molecule has 1 aliphatic rings. The molecule has 0 radical (unpaired) electrons. The molecule has 1 atom stereocenters. The van der Waals surface area contributed by atoms with E-state index in [-0.39, 0.29) is 12.2 Å². The van der Waals surface area contributed by atoms with Gasteiger partial charge in [-0.1, -0.05) is 0 Å². The number of hydrogen-bond donors (Lipinski definition) is 2. The van der Waals surface area contributed by atoms with E-state index in [4.69, 9.17) is 10.2 Å². The van der Waals surface area contributed by atoms with Gasteiger partial charge >= 0.3 is 5.97 Å². The van der Waals surface area contributed by atoms with Gasteiger partial charge in [-0.15, -0.1) is 0 Å². The van der Waals surface area contributed by atoms with Crippen molar-refractivity contribution in [2.45, 2.75) is 13.3 Å². The van der Waals surface area contributed by atoms with E-state index in [2.05, 4.69) is 4.99 Å². The highest BCUT2D eigenvalue weighted by Crippen LogP contribution is 2.25. The standard InChI is InChI=1S/C7H9NO3/c1-7(6(10)11)2-5(9)3-8-4-7/h3-4,9H,2H2,1H3,(H,10,11). The minimum absolute atomic E-state index is 0.0115. The summed E-state index contributed by atoms with van der Waals surface area (Å²) in [7, 11) is 0. The first kappa shape index (κ1) is 7.78. The topological polar surface area (TPSA) is 69.9 Å². The molecule has 11 heavy (non-hydrogen) atoms. The maximum atomic E-state index is 10.6. The normalized spacial score (nSPS) is 29.7. The first-order valence-electron chi connectivity index (χ1n) is 3.20. The van der Waals surface area contributed by atoms with Crippen molar-refractivity contribution < 1.29 is 15.0 Å². The molecule has 0 aromatic carbocycles. The number of rotatable bonds is 1. The zero-order valence-electron chi connectivity index (χ0n) is 6.11. The second-order valence-corrected chi connectivity index (χ2v) is 2.80. The third-order valence-corrected chi connectivity index (χ3v) is 1.62. The Hall–Kier alpha value is -1.32. The van der Waals surface area contributed by atoms with Crippen LogP contribution in [0.5, 0.6) is 0 Å². The Bertz CT molecular complexity index is 244. The quantitative estimate of drug-likeness (QED) is 0.592. The molecular formula is C7H9NO3. The molecule has 0 spiro atoms. The molecule has 0 aromatic rings. The summed E-state index contributed by atoms with van der Waals surface area (Å²) in [4.78, 5) is 14.2. The lowest BCUT2D eigenvalue weighted by Gasteiger charge is -2.20. The first-order valence-corrected chi connectivity index (χ1v) is 3.20. The highest BCUT2D eigenvalue weighted by Gasteiger charge is 2.33. The fourth-order valence-corrected chi connectivity index (χ4v) is 0.886. The van der Waals surface area contributed by atoms with Crippen LogP contribution in [-0.4, -0.2) is 22.4 Å². The molecule has 60 valence electrons. The Kier molecular flexibility index (Phi) is 1.68. The molecule has 0 bridgehead atoms. The van der Waals surface area contributed by atoms with Gasteiger partial charge < -0.3 is 10.2 Å². The summed E-state index contributed by atoms with van der Waals surface area (Å²) in [5.41, 5.74) is -1.04. The number of hydrogen-bond acceptors (Lipinski definition) is 3. The van der Waals surface area contributed by atoms with Gasteiger partial charge in [-0.2, -0.15) is 0 Å². The van der Waals surface area contributed by atoms with E-state index in [0.717, 1.165) is 0 Å². The number of carboxylic acids is 1. The SMILES string of the molecule is CC1(C(=O)O)C=NC=C(O)C1. The molecular weight excluding hydrogens is 146 g/mol. The van der Waals surface area contributed by atoms with Gasteiger partial charge in [0.15, 0.2) is 0 Å². The summed E-state index contributed by atoms with van der Waals surface area (Å²) in [6.07, 6.45) is 2.70. The van der Waals surface area contributed by atoms with Crippen LogP contribution in [0.25, 0.3) is 0 Å². The smallest absolute Gasteiger partial charge is 0.315 e. The lowest BCUT2D eigenvalue weighted by molar-refractivity contribution is -0.144. The van der Waals surface area contributed by atoms with E-state index in [1.54, 1.807) is 0 Å². The van der Waals surface area contributed by atoms with Crippen molar-refractivity contribution in [3.63, 3.8) is 0 Å². The number of aliphatic carboxylic acids is 1. The number of aliphatic hydroxyl groups is 1. The van der Waals surface area contributed by atoms with Crippen LogP contribution in [0.3, 0.4) is 0 Å². The Labute approximate surface area is 63.9 Å². The van der Waals surface area contributed by atoms with E-state index in [9.17, 15) is 4.79 Å². The van der Waals surface area contributed by atoms with Gasteiger partial charge in [0, 0.05) is 12.6 Å². The number of carbonyl (C=O) groups is 1. The summed E-state index contributed by atoms with van der Waals surface area (Å²) < 4.78 is 0. The third kappa shape index (κ3) is 1.39. The predicted octanol–water partition coefficient (Wildman–Crippen LogP) is 0.951. The van der Waals surface area contributed by atoms with Crippen molar-refractivity contribution >= 4 is 12.2 Å². The van der Waals surface area contributed by atoms with Gasteiger partial charge in [-0.25, -0.2) is 0 Å². The van der Waals surface area contributed by atoms with Crippen LogP contribution in [0.15, 0.2) is 17.0 Å². The summed E-state index contributed by atoms with van der Waals surface area (Å²) in [5, 5.41) is 17.7. The number of aliphatic imine (C=N–C) groups is 1. The predicted molar refractivity (Wildman–Crippen MR) is 39.6 cm³/mol. The summed E-state index contributed by atoms with van der Waals surface area (Å²) in [6.45, 7) is 1.52. The lowest BCUT2D eigenvalue weighted by atomic mass is 9.86. The number of nitrogens with zero attached hydrogens (tertiary/aromatic N) is 1. The minimum atomic E-state index is -1.04. The molecule has 2 N–H and O–H groups in total. The van der Waals surface area contributed by atoms with Gasteiger partial charge in [0.1, 0.15) is 11.2 Å². The Morgan fingerprint density at radius 2 is 2.45 bits per heavy atom. The van der Waals surface area contributed by atoms with E-state index in [1.165, 1.54) is 19.3 Å². The molecule has 0 saturated heterocycles. The second kappa shape index (κ2) is 2.38. The molecule has 4 heteroatoms. The van der Waals surface area contributed by atoms with Gasteiger partial charge in [-0.05, 0) is 6.92 Å². The average molecular weight is 155 g/mol. The molecule has 1 rings (SSSR count). The zero-order valence-corrected chi connectivity index (χ0v) is 6.11. The van der Waals surface area contributed by atoms with Crippen molar-refractivity contribution in [1.82, 2.24) is 0 Å². The molecule has 0 aromatic heterocycles. The largest absolute Gasteiger partial charge is 0.511 e. The number of aliphatic hydroxyl groups excluding tert-OH is 1. The van der Waals surface area contributed by atoms with Crippen LogP contribution < -0.4 is 0 Å². The molecule has 1 unspecified atom stereocenters. The fraction of sp³-hybridized carbons (Fsp3) is 0.429. The van der Waals surface area contributed by atoms with E-state index in [0.29, 0.717) is 0 Å². The molecule has 0 saturated carbocycles. The highest BCUT2D eigenvalue weighted by atomic mass is 16.4. The second-order valence-electron chi connectivity index (χ2n) is 2.80. The van der Waals surface area contributed by atoms with E-state index in [1.807, 2.05) is 0 Å². The summed E-state index contributed by atoms with van der Waals surface area (Å²) in [5.74, 6) is -0.960. The highest BCUT2D eigenvalue weighted by molar-refractivity contribution is 5.94. The molecule has 1 aliphatic heterocycles. The van der Waals surface area contributed by atoms with Gasteiger partial charge in [0.2, 0.25) is 0 Å². The lowest BCUT2D eigenvalue weighted by Crippen LogP contribution is -2.31. The van der Waals surface area contributed by atoms with Gasteiger partial charge in [0.25, 0.3) is 0 Å². The van der Waals surface area contributed by atoms with Crippen LogP contribution in [0.1, 0.15) is 13.3 Å². The minimum Gasteiger partial charge on any atom is -0.511 e. The summed E-state index contributed by atoms with van der Waals surface area (Å²) in [6, 6.07) is 0. The average Bonchev–Trinajstić information content (AvgIpc) is 1.86. The molecule has 4 nitrogen and oxygen atoms in total. The molecule has 0 amide bonds. The molecule has 1 heterocycles. The van der Waals surface area contributed by atoms with E-state index < -0.39 is 11.4 Å². The first-order chi connectivity index (χ1) is 5.04. The maximum absolute atomic E-state index is 10.6. The zero-order chi connectivity index (χ0) is 8.48. The van der Waals surface area contributed by atoms with Crippen LogP contribution in [0.2, 0.25) is 0 Å². The monoisotopic (exact) mass is 155 g/mol. The van der Waals surface area contributed by atoms with E-state index >= 15 is 0 Å². The van der Waals surface area contributed by atoms with Crippen molar-refractivity contribution in [3.05, 3.63) is 12.0 Å². The van der Waals surface area contributed by atoms with Gasteiger partial charge in [-0.3, -0.25) is 9.79 Å². The Balaban J connectivity index is 2.86. The van der Waals surface area contributed by atoms with Crippen LogP contribution in [0, 0.1) is 5.41 Å². The number of allylic oxidation sites excluding steroid dienone is 1. The fourth-order valence-electron chi connectivity index (χ4n) is 0.886. The van der Waals surface area contributed by atoms with Crippen molar-refractivity contribution in [2.24, 2.45) is 10.4 Å². The summed E-state index contributed by atoms with van der Waals surface area (Å²) >= 11 is 0. The van der Waals surface area contributed by atoms with Crippen molar-refractivity contribution in [3.8, 4) is 0 Å². The number of carboxylic acid groups (broad SMARTS) is 1. The maximum Gasteiger partial charge on any atom is 0.315 e.